The lowest BCUT2D eigenvalue weighted by molar-refractivity contribution is 0.0600. The quantitative estimate of drug-likeness (QED) is 0.483. The standard InChI is InChI=1S/C24H22N2O4.ClH/c1-29-23(28)18-8-6-17(7-9-18)10-11-24(12-14-25-15-13-24)26-22(27)21-16-19-4-2-3-5-20(19)30-21;/h2-9,16,25H,12-15H2,1H3,(H,26,27);1H. The van der Waals surface area contributed by atoms with Gasteiger partial charge in [-0.3, -0.25) is 4.79 Å². The van der Waals surface area contributed by atoms with Crippen molar-refractivity contribution in [1.29, 1.82) is 0 Å². The molecule has 6 nitrogen and oxygen atoms in total. The third-order valence-electron chi connectivity index (χ3n) is 5.21. The van der Waals surface area contributed by atoms with E-state index in [2.05, 4.69) is 22.5 Å². The molecule has 7 heteroatoms. The smallest absolute Gasteiger partial charge is 0.337 e. The average Bonchev–Trinajstić information content (AvgIpc) is 3.23. The molecule has 2 aromatic carbocycles. The topological polar surface area (TPSA) is 80.6 Å². The van der Waals surface area contributed by atoms with Gasteiger partial charge >= 0.3 is 5.97 Å². The van der Waals surface area contributed by atoms with Crippen LogP contribution in [0, 0.1) is 11.8 Å². The van der Waals surface area contributed by atoms with Gasteiger partial charge in [0.2, 0.25) is 0 Å². The second-order valence-electron chi connectivity index (χ2n) is 7.25. The van der Waals surface area contributed by atoms with E-state index in [1.54, 1.807) is 30.3 Å². The Kier molecular flexibility index (Phi) is 7.01. The number of methoxy groups -OCH3 is 1. The normalized spacial score (nSPS) is 14.6. The molecule has 0 unspecified atom stereocenters. The predicted octanol–water partition coefficient (Wildman–Crippen LogP) is 3.54. The monoisotopic (exact) mass is 438 g/mol. The molecule has 0 atom stereocenters. The van der Waals surface area contributed by atoms with Gasteiger partial charge in [0.1, 0.15) is 11.1 Å². The van der Waals surface area contributed by atoms with Crippen LogP contribution in [0.5, 0.6) is 0 Å². The number of carbonyl (C=O) groups excluding carboxylic acids is 2. The van der Waals surface area contributed by atoms with Gasteiger partial charge in [0.05, 0.1) is 12.7 Å². The number of carbonyl (C=O) groups is 2. The van der Waals surface area contributed by atoms with E-state index in [1.807, 2.05) is 24.3 Å². The average molecular weight is 439 g/mol. The van der Waals surface area contributed by atoms with Crippen LogP contribution >= 0.6 is 12.4 Å². The number of hydrogen-bond donors (Lipinski definition) is 2. The van der Waals surface area contributed by atoms with Gasteiger partial charge < -0.3 is 19.8 Å². The summed E-state index contributed by atoms with van der Waals surface area (Å²) in [6, 6.07) is 16.2. The van der Waals surface area contributed by atoms with E-state index in [9.17, 15) is 9.59 Å². The second kappa shape index (κ2) is 9.69. The highest BCUT2D eigenvalue weighted by atomic mass is 35.5. The summed E-state index contributed by atoms with van der Waals surface area (Å²) < 4.78 is 10.4. The molecule has 1 aliphatic rings. The third kappa shape index (κ3) is 5.08. The molecule has 0 bridgehead atoms. The van der Waals surface area contributed by atoms with Crippen molar-refractivity contribution in [1.82, 2.24) is 10.6 Å². The Hall–Kier alpha value is -3.27. The Morgan fingerprint density at radius 1 is 1.10 bits per heavy atom. The number of benzene rings is 2. The molecule has 1 aromatic heterocycles. The van der Waals surface area contributed by atoms with E-state index < -0.39 is 5.54 Å². The van der Waals surface area contributed by atoms with Gasteiger partial charge in [0.25, 0.3) is 5.91 Å². The first kappa shape index (κ1) is 22.4. The van der Waals surface area contributed by atoms with Gasteiger partial charge in [-0.1, -0.05) is 30.0 Å². The second-order valence-corrected chi connectivity index (χ2v) is 7.25. The van der Waals surface area contributed by atoms with Gasteiger partial charge in [0, 0.05) is 10.9 Å². The Morgan fingerprint density at radius 3 is 2.48 bits per heavy atom. The maximum atomic E-state index is 12.9. The summed E-state index contributed by atoms with van der Waals surface area (Å²) in [4.78, 5) is 24.5. The van der Waals surface area contributed by atoms with Gasteiger partial charge in [-0.2, -0.15) is 0 Å². The number of esters is 1. The highest BCUT2D eigenvalue weighted by molar-refractivity contribution is 5.96. The fourth-order valence-electron chi connectivity index (χ4n) is 3.51. The molecule has 2 N–H and O–H groups in total. The summed E-state index contributed by atoms with van der Waals surface area (Å²) in [5.41, 5.74) is 1.26. The number of hydrogen-bond acceptors (Lipinski definition) is 5. The molecular weight excluding hydrogens is 416 g/mol. The molecule has 0 aliphatic carbocycles. The molecule has 0 radical (unpaired) electrons. The Morgan fingerprint density at radius 2 is 1.81 bits per heavy atom. The Bertz CT molecular complexity index is 1100. The third-order valence-corrected chi connectivity index (χ3v) is 5.21. The van der Waals surface area contributed by atoms with Crippen molar-refractivity contribution in [2.75, 3.05) is 20.2 Å². The van der Waals surface area contributed by atoms with E-state index in [1.165, 1.54) is 7.11 Å². The zero-order chi connectivity index (χ0) is 21.0. The Balaban J connectivity index is 0.00000272. The van der Waals surface area contributed by atoms with Crippen molar-refractivity contribution < 1.29 is 18.7 Å². The van der Waals surface area contributed by atoms with Crippen LogP contribution in [0.15, 0.2) is 59.0 Å². The van der Waals surface area contributed by atoms with Crippen molar-refractivity contribution >= 4 is 35.3 Å². The molecule has 1 amide bonds. The fraction of sp³-hybridized carbons (Fsp3) is 0.250. The molecule has 3 aromatic rings. The summed E-state index contributed by atoms with van der Waals surface area (Å²) in [5.74, 6) is 6.03. The van der Waals surface area contributed by atoms with Gasteiger partial charge in [-0.05, 0) is 62.3 Å². The minimum atomic E-state index is -0.650. The molecule has 0 saturated carbocycles. The molecule has 2 heterocycles. The van der Waals surface area contributed by atoms with E-state index in [0.717, 1.165) is 24.0 Å². The van der Waals surface area contributed by atoms with Crippen molar-refractivity contribution in [2.45, 2.75) is 18.4 Å². The van der Waals surface area contributed by atoms with Crippen LogP contribution in [0.3, 0.4) is 0 Å². The minimum absolute atomic E-state index is 0. The summed E-state index contributed by atoms with van der Waals surface area (Å²) >= 11 is 0. The fourth-order valence-corrected chi connectivity index (χ4v) is 3.51. The number of ether oxygens (including phenoxy) is 1. The summed E-state index contributed by atoms with van der Waals surface area (Å²) in [6.07, 6.45) is 1.37. The molecule has 1 fully saturated rings. The number of furan rings is 1. The lowest BCUT2D eigenvalue weighted by atomic mass is 9.88. The maximum absolute atomic E-state index is 12.9. The van der Waals surface area contributed by atoms with Gasteiger partial charge in [-0.25, -0.2) is 4.79 Å². The van der Waals surface area contributed by atoms with Crippen LogP contribution in [0.1, 0.15) is 39.3 Å². The van der Waals surface area contributed by atoms with Crippen LogP contribution in [0.25, 0.3) is 11.0 Å². The lowest BCUT2D eigenvalue weighted by Gasteiger charge is -2.33. The van der Waals surface area contributed by atoms with E-state index in [4.69, 9.17) is 9.15 Å². The summed E-state index contributed by atoms with van der Waals surface area (Å²) in [5, 5.41) is 7.29. The highest BCUT2D eigenvalue weighted by Crippen LogP contribution is 2.22. The zero-order valence-corrected chi connectivity index (χ0v) is 17.9. The molecule has 4 rings (SSSR count). The summed E-state index contributed by atoms with van der Waals surface area (Å²) in [7, 11) is 1.35. The first-order valence-electron chi connectivity index (χ1n) is 9.82. The predicted molar refractivity (Wildman–Crippen MR) is 120 cm³/mol. The number of para-hydroxylation sites is 1. The van der Waals surface area contributed by atoms with E-state index in [0.29, 0.717) is 24.0 Å². The lowest BCUT2D eigenvalue weighted by Crippen LogP contribution is -2.53. The van der Waals surface area contributed by atoms with Crippen molar-refractivity contribution in [3.05, 3.63) is 71.5 Å². The minimum Gasteiger partial charge on any atom is -0.465 e. The highest BCUT2D eigenvalue weighted by Gasteiger charge is 2.33. The number of piperidine rings is 1. The summed E-state index contributed by atoms with van der Waals surface area (Å²) in [6.45, 7) is 1.52. The van der Waals surface area contributed by atoms with Crippen molar-refractivity contribution in [3.63, 3.8) is 0 Å². The largest absolute Gasteiger partial charge is 0.465 e. The number of amides is 1. The molecule has 160 valence electrons. The number of halogens is 1. The molecule has 1 saturated heterocycles. The molecule has 0 spiro atoms. The van der Waals surface area contributed by atoms with E-state index >= 15 is 0 Å². The molecule has 1 aliphatic heterocycles. The van der Waals surface area contributed by atoms with Gasteiger partial charge in [-0.15, -0.1) is 12.4 Å². The van der Waals surface area contributed by atoms with Crippen LogP contribution in [0.2, 0.25) is 0 Å². The first-order chi connectivity index (χ1) is 14.6. The van der Waals surface area contributed by atoms with Crippen molar-refractivity contribution in [3.8, 4) is 11.8 Å². The van der Waals surface area contributed by atoms with Crippen LogP contribution in [-0.4, -0.2) is 37.6 Å². The first-order valence-corrected chi connectivity index (χ1v) is 9.82. The Labute approximate surface area is 186 Å². The number of nitrogens with one attached hydrogen (secondary N) is 2. The van der Waals surface area contributed by atoms with Crippen LogP contribution < -0.4 is 10.6 Å². The van der Waals surface area contributed by atoms with Gasteiger partial charge in [0.15, 0.2) is 5.76 Å². The van der Waals surface area contributed by atoms with Crippen molar-refractivity contribution in [2.24, 2.45) is 0 Å². The van der Waals surface area contributed by atoms with E-state index in [-0.39, 0.29) is 30.0 Å². The number of fused-ring (bicyclic) bond motifs is 1. The van der Waals surface area contributed by atoms with Crippen LogP contribution in [-0.2, 0) is 4.74 Å². The molecular formula is C24H23ClN2O4. The maximum Gasteiger partial charge on any atom is 0.337 e. The van der Waals surface area contributed by atoms with Crippen LogP contribution in [0.4, 0.5) is 0 Å². The molecule has 31 heavy (non-hydrogen) atoms. The zero-order valence-electron chi connectivity index (χ0n) is 17.1. The number of rotatable bonds is 3. The SMILES string of the molecule is COC(=O)c1ccc(C#CC2(NC(=O)c3cc4ccccc4o3)CCNCC2)cc1.Cl.